The molecule has 2 aliphatic rings. The van der Waals surface area contributed by atoms with Crippen LogP contribution in [0.4, 0.5) is 17.1 Å². The Kier molecular flexibility index (Phi) is 5.92. The minimum absolute atomic E-state index is 0.0519. The summed E-state index contributed by atoms with van der Waals surface area (Å²) in [7, 11) is 1.88. The summed E-state index contributed by atoms with van der Waals surface area (Å²) in [5.41, 5.74) is 2.59. The monoisotopic (exact) mass is 411 g/mol. The lowest BCUT2D eigenvalue weighted by atomic mass is 10.1. The fourth-order valence-electron chi connectivity index (χ4n) is 4.44. The molecule has 0 bridgehead atoms. The zero-order valence-electron chi connectivity index (χ0n) is 17.5. The van der Waals surface area contributed by atoms with E-state index >= 15 is 0 Å². The van der Waals surface area contributed by atoms with E-state index < -0.39 is 0 Å². The minimum atomic E-state index is -0.277. The summed E-state index contributed by atoms with van der Waals surface area (Å²) in [6, 6.07) is 9.17. The third-order valence-electron chi connectivity index (χ3n) is 6.20. The summed E-state index contributed by atoms with van der Waals surface area (Å²) in [5.74, 6) is 0.0519. The summed E-state index contributed by atoms with van der Waals surface area (Å²) in [4.78, 5) is 30.4. The van der Waals surface area contributed by atoms with Crippen molar-refractivity contribution in [3.63, 3.8) is 0 Å². The largest absolute Gasteiger partial charge is 0.368 e. The van der Waals surface area contributed by atoms with Crippen LogP contribution in [0.25, 0.3) is 0 Å². The molecule has 2 fully saturated rings. The molecular weight excluding hydrogens is 382 g/mol. The van der Waals surface area contributed by atoms with Gasteiger partial charge in [-0.1, -0.05) is 12.8 Å². The number of amides is 1. The molecule has 2 saturated heterocycles. The molecule has 4 rings (SSSR count). The molecule has 1 aromatic carbocycles. The van der Waals surface area contributed by atoms with Crippen molar-refractivity contribution in [1.29, 1.82) is 0 Å². The number of hydrogen-bond donors (Lipinski definition) is 0. The van der Waals surface area contributed by atoms with Gasteiger partial charge in [0.15, 0.2) is 0 Å². The van der Waals surface area contributed by atoms with Crippen molar-refractivity contribution in [3.05, 3.63) is 52.3 Å². The predicted molar refractivity (Wildman–Crippen MR) is 117 cm³/mol. The number of rotatable bonds is 4. The molecule has 8 nitrogen and oxygen atoms in total. The lowest BCUT2D eigenvalue weighted by Gasteiger charge is -2.36. The Labute approximate surface area is 176 Å². The van der Waals surface area contributed by atoms with Crippen LogP contribution >= 0.6 is 0 Å². The van der Waals surface area contributed by atoms with Crippen LogP contribution in [-0.4, -0.2) is 59.6 Å². The molecule has 2 aliphatic heterocycles. The number of carbonyl (C=O) groups excluding carboxylic acids is 1. The normalized spacial score (nSPS) is 17.7. The highest BCUT2D eigenvalue weighted by molar-refractivity contribution is 5.93. The first-order chi connectivity index (χ1) is 14.5. The van der Waals surface area contributed by atoms with Crippen molar-refractivity contribution in [2.24, 2.45) is 7.05 Å². The van der Waals surface area contributed by atoms with Crippen LogP contribution in [0.1, 0.15) is 36.2 Å². The number of nitro benzene ring substituents is 1. The molecule has 0 radical (unpaired) electrons. The summed E-state index contributed by atoms with van der Waals surface area (Å²) in [6.45, 7) is 4.44. The highest BCUT2D eigenvalue weighted by Crippen LogP contribution is 2.34. The Morgan fingerprint density at radius 1 is 0.933 bits per heavy atom. The van der Waals surface area contributed by atoms with E-state index in [9.17, 15) is 14.9 Å². The molecule has 0 atom stereocenters. The van der Waals surface area contributed by atoms with Gasteiger partial charge in [0.25, 0.3) is 11.6 Å². The van der Waals surface area contributed by atoms with E-state index in [2.05, 4.69) is 9.80 Å². The molecule has 0 spiro atoms. The van der Waals surface area contributed by atoms with Gasteiger partial charge in [0, 0.05) is 64.3 Å². The number of hydrogen-bond acceptors (Lipinski definition) is 5. The lowest BCUT2D eigenvalue weighted by Crippen LogP contribution is -2.49. The second kappa shape index (κ2) is 8.77. The van der Waals surface area contributed by atoms with Crippen molar-refractivity contribution < 1.29 is 9.72 Å². The Morgan fingerprint density at radius 2 is 1.63 bits per heavy atom. The highest BCUT2D eigenvalue weighted by Gasteiger charge is 2.26. The lowest BCUT2D eigenvalue weighted by molar-refractivity contribution is -0.384. The fraction of sp³-hybridized carbons (Fsp3) is 0.500. The number of anilines is 2. The Bertz CT molecular complexity index is 909. The first-order valence-electron chi connectivity index (χ1n) is 10.7. The van der Waals surface area contributed by atoms with E-state index in [1.807, 2.05) is 47.0 Å². The van der Waals surface area contributed by atoms with Crippen LogP contribution in [0.15, 0.2) is 36.5 Å². The third kappa shape index (κ3) is 4.13. The predicted octanol–water partition coefficient (Wildman–Crippen LogP) is 3.28. The zero-order chi connectivity index (χ0) is 21.1. The summed E-state index contributed by atoms with van der Waals surface area (Å²) >= 11 is 0. The molecule has 0 aliphatic carbocycles. The number of carbonyl (C=O) groups is 1. The van der Waals surface area contributed by atoms with Crippen molar-refractivity contribution in [1.82, 2.24) is 9.47 Å². The molecule has 30 heavy (non-hydrogen) atoms. The van der Waals surface area contributed by atoms with Gasteiger partial charge < -0.3 is 19.3 Å². The summed E-state index contributed by atoms with van der Waals surface area (Å²) < 4.78 is 1.85. The molecule has 0 N–H and O–H groups in total. The van der Waals surface area contributed by atoms with E-state index in [-0.39, 0.29) is 16.5 Å². The van der Waals surface area contributed by atoms with Crippen molar-refractivity contribution in [2.45, 2.75) is 25.7 Å². The van der Waals surface area contributed by atoms with E-state index in [1.165, 1.54) is 12.8 Å². The number of nitro groups is 1. The van der Waals surface area contributed by atoms with Gasteiger partial charge in [-0.25, -0.2) is 0 Å². The van der Waals surface area contributed by atoms with E-state index in [0.29, 0.717) is 31.9 Å². The number of benzene rings is 1. The maximum atomic E-state index is 12.7. The second-order valence-electron chi connectivity index (χ2n) is 8.11. The summed E-state index contributed by atoms with van der Waals surface area (Å²) in [5, 5.41) is 11.6. The SMILES string of the molecule is Cn1cccc1C(=O)N1CCN(c2ccc([N+](=O)[O-])c(N3CCCCCC3)c2)CC1. The number of aryl methyl sites for hydroxylation is 1. The van der Waals surface area contributed by atoms with E-state index in [0.717, 1.165) is 37.3 Å². The maximum Gasteiger partial charge on any atom is 0.292 e. The summed E-state index contributed by atoms with van der Waals surface area (Å²) in [6.07, 6.45) is 6.38. The molecule has 8 heteroatoms. The highest BCUT2D eigenvalue weighted by atomic mass is 16.6. The average molecular weight is 412 g/mol. The number of piperazine rings is 1. The van der Waals surface area contributed by atoms with E-state index in [4.69, 9.17) is 0 Å². The molecule has 2 aromatic rings. The minimum Gasteiger partial charge on any atom is -0.368 e. The van der Waals surface area contributed by atoms with Gasteiger partial charge in [-0.05, 0) is 37.1 Å². The van der Waals surface area contributed by atoms with Gasteiger partial charge in [0.2, 0.25) is 0 Å². The molecule has 0 saturated carbocycles. The zero-order valence-corrected chi connectivity index (χ0v) is 17.5. The van der Waals surface area contributed by atoms with Gasteiger partial charge in [-0.2, -0.15) is 0 Å². The van der Waals surface area contributed by atoms with Crippen LogP contribution in [0.2, 0.25) is 0 Å². The Balaban J connectivity index is 1.49. The van der Waals surface area contributed by atoms with Crippen molar-refractivity contribution >= 4 is 23.0 Å². The van der Waals surface area contributed by atoms with E-state index in [1.54, 1.807) is 6.07 Å². The van der Waals surface area contributed by atoms with Crippen LogP contribution in [0, 0.1) is 10.1 Å². The first-order valence-corrected chi connectivity index (χ1v) is 10.7. The van der Waals surface area contributed by atoms with Crippen LogP contribution in [-0.2, 0) is 7.05 Å². The van der Waals surface area contributed by atoms with Gasteiger partial charge in [-0.3, -0.25) is 14.9 Å². The quantitative estimate of drug-likeness (QED) is 0.570. The Morgan fingerprint density at radius 3 is 2.23 bits per heavy atom. The fourth-order valence-corrected chi connectivity index (χ4v) is 4.44. The van der Waals surface area contributed by atoms with Crippen LogP contribution in [0.3, 0.4) is 0 Å². The molecule has 1 amide bonds. The molecule has 1 aromatic heterocycles. The standard InChI is InChI=1S/C22H29N5O3/c1-23-10-6-7-20(23)22(28)26-15-13-24(14-16-26)18-8-9-19(27(29)30)21(17-18)25-11-4-2-3-5-12-25/h6-10,17H,2-5,11-16H2,1H3. The van der Waals surface area contributed by atoms with Crippen molar-refractivity contribution in [3.8, 4) is 0 Å². The smallest absolute Gasteiger partial charge is 0.292 e. The van der Waals surface area contributed by atoms with Gasteiger partial charge in [0.05, 0.1) is 4.92 Å². The second-order valence-corrected chi connectivity index (χ2v) is 8.11. The topological polar surface area (TPSA) is 74.9 Å². The maximum absolute atomic E-state index is 12.7. The first kappa shape index (κ1) is 20.3. The molecule has 160 valence electrons. The van der Waals surface area contributed by atoms with Gasteiger partial charge in [-0.15, -0.1) is 0 Å². The Hall–Kier alpha value is -3.03. The van der Waals surface area contributed by atoms with Gasteiger partial charge >= 0.3 is 0 Å². The average Bonchev–Trinajstić information content (AvgIpc) is 3.01. The van der Waals surface area contributed by atoms with Crippen molar-refractivity contribution in [2.75, 3.05) is 49.1 Å². The number of aromatic nitrogens is 1. The third-order valence-corrected chi connectivity index (χ3v) is 6.20. The van der Waals surface area contributed by atoms with Crippen LogP contribution < -0.4 is 9.80 Å². The number of nitrogens with zero attached hydrogens (tertiary/aromatic N) is 5. The van der Waals surface area contributed by atoms with Gasteiger partial charge in [0.1, 0.15) is 11.4 Å². The molecular formula is C22H29N5O3. The molecule has 0 unspecified atom stereocenters. The van der Waals surface area contributed by atoms with Crippen LogP contribution in [0.5, 0.6) is 0 Å². The molecule has 3 heterocycles.